The Balaban J connectivity index is 0.000000671. The highest BCUT2D eigenvalue weighted by Gasteiger charge is 2.12. The van der Waals surface area contributed by atoms with Gasteiger partial charge in [0.2, 0.25) is 0 Å². The Kier molecular flexibility index (Phi) is 6.80. The van der Waals surface area contributed by atoms with E-state index in [2.05, 4.69) is 20.9 Å². The quantitative estimate of drug-likeness (QED) is 0.772. The van der Waals surface area contributed by atoms with Gasteiger partial charge in [0.25, 0.3) is 0 Å². The number of rotatable bonds is 2. The number of thiazole rings is 1. The zero-order valence-electron chi connectivity index (χ0n) is 7.83. The Hall–Kier alpha value is -0.420. The smallest absolute Gasteiger partial charge is 0.351 e. The molecule has 5 heteroatoms. The molecule has 0 fully saturated rings. The van der Waals surface area contributed by atoms with Crippen molar-refractivity contribution in [1.29, 1.82) is 0 Å². The van der Waals surface area contributed by atoms with Crippen LogP contribution in [0.4, 0.5) is 0 Å². The standard InChI is InChI=1S/C6H6BrNO2S.C2H6/c1-2-10-6(9)4-5(7)8-3-11-4;1-2/h3H,2H2,1H3;1-2H3. The summed E-state index contributed by atoms with van der Waals surface area (Å²) in [5.74, 6) is -0.318. The van der Waals surface area contributed by atoms with Gasteiger partial charge in [0.1, 0.15) is 9.48 Å². The lowest BCUT2D eigenvalue weighted by molar-refractivity contribution is 0.0531. The molecule has 0 unspecified atom stereocenters. The molecule has 0 aliphatic rings. The van der Waals surface area contributed by atoms with Gasteiger partial charge in [0.05, 0.1) is 12.1 Å². The van der Waals surface area contributed by atoms with E-state index in [0.29, 0.717) is 16.1 Å². The number of carbonyl (C=O) groups is 1. The molecule has 1 rings (SSSR count). The Labute approximate surface area is 90.3 Å². The van der Waals surface area contributed by atoms with E-state index in [-0.39, 0.29) is 5.97 Å². The maximum Gasteiger partial charge on any atom is 0.351 e. The molecule has 1 heterocycles. The lowest BCUT2D eigenvalue weighted by Gasteiger charge is -1.96. The van der Waals surface area contributed by atoms with Crippen molar-refractivity contribution in [2.75, 3.05) is 6.61 Å². The summed E-state index contributed by atoms with van der Waals surface area (Å²) >= 11 is 4.40. The molecule has 74 valence electrons. The minimum absolute atomic E-state index is 0.318. The van der Waals surface area contributed by atoms with Gasteiger partial charge in [-0.3, -0.25) is 0 Å². The van der Waals surface area contributed by atoms with Crippen LogP contribution in [0.5, 0.6) is 0 Å². The molecule has 0 aliphatic heterocycles. The second-order valence-electron chi connectivity index (χ2n) is 1.69. The van der Waals surface area contributed by atoms with Gasteiger partial charge >= 0.3 is 5.97 Å². The molecular formula is C8H12BrNO2S. The van der Waals surface area contributed by atoms with Gasteiger partial charge in [0, 0.05) is 0 Å². The average molecular weight is 266 g/mol. The molecule has 0 spiro atoms. The Morgan fingerprint density at radius 1 is 1.69 bits per heavy atom. The monoisotopic (exact) mass is 265 g/mol. The summed E-state index contributed by atoms with van der Waals surface area (Å²) < 4.78 is 5.33. The molecule has 3 nitrogen and oxygen atoms in total. The molecule has 0 radical (unpaired) electrons. The number of hydrogen-bond acceptors (Lipinski definition) is 4. The van der Waals surface area contributed by atoms with Gasteiger partial charge in [-0.15, -0.1) is 11.3 Å². The summed E-state index contributed by atoms with van der Waals surface area (Å²) in [6, 6.07) is 0. The number of esters is 1. The van der Waals surface area contributed by atoms with Crippen LogP contribution in [-0.2, 0) is 4.74 Å². The van der Waals surface area contributed by atoms with Gasteiger partial charge < -0.3 is 4.74 Å². The molecule has 0 amide bonds. The zero-order chi connectivity index (χ0) is 10.3. The van der Waals surface area contributed by atoms with Crippen molar-refractivity contribution in [1.82, 2.24) is 4.98 Å². The van der Waals surface area contributed by atoms with Gasteiger partial charge in [-0.1, -0.05) is 13.8 Å². The van der Waals surface area contributed by atoms with E-state index in [1.165, 1.54) is 11.3 Å². The first kappa shape index (κ1) is 12.6. The number of nitrogens with zero attached hydrogens (tertiary/aromatic N) is 1. The second-order valence-corrected chi connectivity index (χ2v) is 3.30. The van der Waals surface area contributed by atoms with E-state index >= 15 is 0 Å². The molecular weight excluding hydrogens is 254 g/mol. The van der Waals surface area contributed by atoms with Crippen LogP contribution in [0.15, 0.2) is 10.1 Å². The zero-order valence-corrected chi connectivity index (χ0v) is 10.2. The fraction of sp³-hybridized carbons (Fsp3) is 0.500. The highest BCUT2D eigenvalue weighted by molar-refractivity contribution is 9.10. The molecule has 1 aromatic rings. The normalized spacial score (nSPS) is 8.62. The molecule has 0 aliphatic carbocycles. The number of hydrogen-bond donors (Lipinski definition) is 0. The van der Waals surface area contributed by atoms with Gasteiger partial charge in [-0.05, 0) is 22.9 Å². The van der Waals surface area contributed by atoms with E-state index in [1.54, 1.807) is 12.4 Å². The average Bonchev–Trinajstić information content (AvgIpc) is 2.55. The summed E-state index contributed by atoms with van der Waals surface area (Å²) in [4.78, 5) is 15.4. The van der Waals surface area contributed by atoms with Gasteiger partial charge in [0.15, 0.2) is 0 Å². The predicted molar refractivity (Wildman–Crippen MR) is 57.1 cm³/mol. The minimum Gasteiger partial charge on any atom is -0.462 e. The first-order valence-corrected chi connectivity index (χ1v) is 5.69. The van der Waals surface area contributed by atoms with E-state index in [1.807, 2.05) is 13.8 Å². The SMILES string of the molecule is CC.CCOC(=O)c1scnc1Br. The van der Waals surface area contributed by atoms with Gasteiger partial charge in [-0.25, -0.2) is 9.78 Å². The summed E-state index contributed by atoms with van der Waals surface area (Å²) in [5, 5.41) is 0. The van der Waals surface area contributed by atoms with Crippen LogP contribution in [0.2, 0.25) is 0 Å². The van der Waals surface area contributed by atoms with E-state index in [0.717, 1.165) is 0 Å². The van der Waals surface area contributed by atoms with Crippen LogP contribution in [0.3, 0.4) is 0 Å². The predicted octanol–water partition coefficient (Wildman–Crippen LogP) is 3.11. The lowest BCUT2D eigenvalue weighted by Crippen LogP contribution is -2.02. The second kappa shape index (κ2) is 7.03. The fourth-order valence-electron chi connectivity index (χ4n) is 0.562. The summed E-state index contributed by atoms with van der Waals surface area (Å²) in [6.45, 7) is 6.16. The number of ether oxygens (including phenoxy) is 1. The first-order valence-electron chi connectivity index (χ1n) is 4.01. The topological polar surface area (TPSA) is 39.2 Å². The molecule has 0 saturated carbocycles. The Bertz CT molecular complexity index is 262. The van der Waals surface area contributed by atoms with E-state index in [9.17, 15) is 4.79 Å². The molecule has 0 bridgehead atoms. The van der Waals surface area contributed by atoms with Crippen LogP contribution in [0, 0.1) is 0 Å². The Morgan fingerprint density at radius 2 is 2.31 bits per heavy atom. The first-order chi connectivity index (χ1) is 6.25. The highest BCUT2D eigenvalue weighted by atomic mass is 79.9. The van der Waals surface area contributed by atoms with Crippen molar-refractivity contribution in [3.05, 3.63) is 15.0 Å². The Morgan fingerprint density at radius 3 is 2.69 bits per heavy atom. The van der Waals surface area contributed by atoms with Crippen LogP contribution in [-0.4, -0.2) is 17.6 Å². The molecule has 0 aromatic carbocycles. The van der Waals surface area contributed by atoms with Gasteiger partial charge in [-0.2, -0.15) is 0 Å². The summed E-state index contributed by atoms with van der Waals surface area (Å²) in [5.41, 5.74) is 1.59. The van der Waals surface area contributed by atoms with E-state index < -0.39 is 0 Å². The largest absolute Gasteiger partial charge is 0.462 e. The number of halogens is 1. The minimum atomic E-state index is -0.318. The molecule has 0 atom stereocenters. The van der Waals surface area contributed by atoms with Crippen molar-refractivity contribution >= 4 is 33.2 Å². The molecule has 1 aromatic heterocycles. The fourth-order valence-corrected chi connectivity index (χ4v) is 1.81. The van der Waals surface area contributed by atoms with Crippen LogP contribution in [0.25, 0.3) is 0 Å². The van der Waals surface area contributed by atoms with Crippen molar-refractivity contribution in [3.63, 3.8) is 0 Å². The van der Waals surface area contributed by atoms with Crippen LogP contribution < -0.4 is 0 Å². The third-order valence-electron chi connectivity index (χ3n) is 0.985. The third kappa shape index (κ3) is 3.87. The third-order valence-corrected chi connectivity index (χ3v) is 2.66. The number of carbonyl (C=O) groups excluding carboxylic acids is 1. The summed E-state index contributed by atoms with van der Waals surface area (Å²) in [6.07, 6.45) is 0. The van der Waals surface area contributed by atoms with Crippen molar-refractivity contribution in [2.45, 2.75) is 20.8 Å². The van der Waals surface area contributed by atoms with E-state index in [4.69, 9.17) is 4.74 Å². The van der Waals surface area contributed by atoms with Crippen LogP contribution in [0.1, 0.15) is 30.4 Å². The van der Waals surface area contributed by atoms with Crippen molar-refractivity contribution < 1.29 is 9.53 Å². The molecule has 13 heavy (non-hydrogen) atoms. The maximum atomic E-state index is 11.0. The van der Waals surface area contributed by atoms with Crippen LogP contribution >= 0.6 is 27.3 Å². The summed E-state index contributed by atoms with van der Waals surface area (Å²) in [7, 11) is 0. The van der Waals surface area contributed by atoms with Crippen molar-refractivity contribution in [3.8, 4) is 0 Å². The molecule has 0 saturated heterocycles. The van der Waals surface area contributed by atoms with Crippen molar-refractivity contribution in [2.24, 2.45) is 0 Å². The molecule has 0 N–H and O–H groups in total. The maximum absolute atomic E-state index is 11.0. The highest BCUT2D eigenvalue weighted by Crippen LogP contribution is 2.19. The number of aromatic nitrogens is 1. The lowest BCUT2D eigenvalue weighted by atomic mass is 10.6.